The molecule has 0 aromatic heterocycles. The van der Waals surface area contributed by atoms with E-state index in [1.54, 1.807) is 12.1 Å². The maximum Gasteiger partial charge on any atom is 0.475 e. The highest BCUT2D eigenvalue weighted by Gasteiger charge is 2.32. The summed E-state index contributed by atoms with van der Waals surface area (Å²) in [5, 5.41) is 34.0. The van der Waals surface area contributed by atoms with Crippen molar-refractivity contribution < 1.29 is 24.7 Å². The molecule has 30 heavy (non-hydrogen) atoms. The monoisotopic (exact) mass is 412 g/mol. The molecule has 8 heteroatoms. The first-order valence-corrected chi connectivity index (χ1v) is 10.00. The van der Waals surface area contributed by atoms with Gasteiger partial charge in [0.15, 0.2) is 0 Å². The van der Waals surface area contributed by atoms with Crippen LogP contribution in [0.3, 0.4) is 0 Å². The number of benzene rings is 2. The summed E-state index contributed by atoms with van der Waals surface area (Å²) in [5.41, 5.74) is 2.31. The van der Waals surface area contributed by atoms with Gasteiger partial charge in [-0.15, -0.1) is 0 Å². The molecule has 3 atom stereocenters. The van der Waals surface area contributed by atoms with Crippen molar-refractivity contribution in [2.75, 3.05) is 0 Å². The minimum atomic E-state index is -1.74. The summed E-state index contributed by atoms with van der Waals surface area (Å²) in [6, 6.07) is 15.4. The van der Waals surface area contributed by atoms with E-state index >= 15 is 0 Å². The van der Waals surface area contributed by atoms with Gasteiger partial charge in [0.05, 0.1) is 12.0 Å². The van der Waals surface area contributed by atoms with Gasteiger partial charge in [-0.05, 0) is 42.5 Å². The minimum absolute atomic E-state index is 0.111. The number of aliphatic hydroxyl groups excluding tert-OH is 1. The highest BCUT2D eigenvalue weighted by atomic mass is 16.4. The summed E-state index contributed by atoms with van der Waals surface area (Å²) < 4.78 is 0. The second kappa shape index (κ2) is 10.9. The average molecular weight is 412 g/mol. The predicted octanol–water partition coefficient (Wildman–Crippen LogP) is 1.38. The van der Waals surface area contributed by atoms with E-state index in [2.05, 4.69) is 10.6 Å². The zero-order valence-corrected chi connectivity index (χ0v) is 17.4. The molecule has 2 amide bonds. The first kappa shape index (κ1) is 23.6. The maximum absolute atomic E-state index is 12.6. The summed E-state index contributed by atoms with van der Waals surface area (Å²) in [4.78, 5) is 25.2. The van der Waals surface area contributed by atoms with E-state index in [1.807, 2.05) is 56.3 Å². The molecule has 7 nitrogen and oxygen atoms in total. The molecule has 2 rings (SSSR count). The van der Waals surface area contributed by atoms with Crippen LogP contribution in [-0.4, -0.2) is 52.2 Å². The van der Waals surface area contributed by atoms with E-state index in [4.69, 9.17) is 0 Å². The SMILES string of the molecule is CC(C)CC(NC(=O)C(NC(=O)c1ccc(-c2ccccc2)cc1)C(C)O)B(O)O. The van der Waals surface area contributed by atoms with Crippen LogP contribution >= 0.6 is 0 Å². The van der Waals surface area contributed by atoms with E-state index < -0.39 is 37.0 Å². The molecule has 0 saturated heterocycles. The fourth-order valence-electron chi connectivity index (χ4n) is 3.11. The van der Waals surface area contributed by atoms with Gasteiger partial charge in [0.25, 0.3) is 5.91 Å². The number of nitrogens with one attached hydrogen (secondary N) is 2. The van der Waals surface area contributed by atoms with Crippen LogP contribution in [0, 0.1) is 5.92 Å². The van der Waals surface area contributed by atoms with Gasteiger partial charge in [-0.3, -0.25) is 9.59 Å². The molecule has 0 fully saturated rings. The number of carbonyl (C=O) groups is 2. The molecule has 3 unspecified atom stereocenters. The lowest BCUT2D eigenvalue weighted by Crippen LogP contribution is -2.57. The maximum atomic E-state index is 12.6. The van der Waals surface area contributed by atoms with E-state index in [9.17, 15) is 24.7 Å². The van der Waals surface area contributed by atoms with Crippen molar-refractivity contribution in [1.82, 2.24) is 10.6 Å². The lowest BCUT2D eigenvalue weighted by atomic mass is 9.75. The Bertz CT molecular complexity index is 825. The lowest BCUT2D eigenvalue weighted by Gasteiger charge is -2.25. The summed E-state index contributed by atoms with van der Waals surface area (Å²) in [6.45, 7) is 5.15. The molecule has 5 N–H and O–H groups in total. The largest absolute Gasteiger partial charge is 0.475 e. The summed E-state index contributed by atoms with van der Waals surface area (Å²) >= 11 is 0. The third kappa shape index (κ3) is 6.69. The van der Waals surface area contributed by atoms with Crippen LogP contribution < -0.4 is 10.6 Å². The smallest absolute Gasteiger partial charge is 0.426 e. The van der Waals surface area contributed by atoms with Crippen molar-refractivity contribution in [3.8, 4) is 11.1 Å². The standard InChI is InChI=1S/C22H29BN2O5/c1-14(2)13-19(23(29)30)24-22(28)20(15(3)26)25-21(27)18-11-9-17(10-12-18)16-7-5-4-6-8-16/h4-12,14-15,19-20,26,29-30H,13H2,1-3H3,(H,24,28)(H,25,27). The number of aliphatic hydroxyl groups is 1. The molecule has 0 radical (unpaired) electrons. The van der Waals surface area contributed by atoms with Gasteiger partial charge in [-0.25, -0.2) is 0 Å². The highest BCUT2D eigenvalue weighted by Crippen LogP contribution is 2.19. The van der Waals surface area contributed by atoms with Crippen molar-refractivity contribution in [3.05, 3.63) is 60.2 Å². The van der Waals surface area contributed by atoms with Crippen molar-refractivity contribution in [1.29, 1.82) is 0 Å². The Balaban J connectivity index is 2.08. The van der Waals surface area contributed by atoms with Gasteiger partial charge in [-0.2, -0.15) is 0 Å². The molecule has 2 aromatic carbocycles. The van der Waals surface area contributed by atoms with E-state index in [0.717, 1.165) is 11.1 Å². The molecule has 0 aliphatic rings. The number of amides is 2. The zero-order valence-electron chi connectivity index (χ0n) is 17.4. The number of carbonyl (C=O) groups excluding carboxylic acids is 2. The van der Waals surface area contributed by atoms with Gasteiger partial charge in [0.1, 0.15) is 6.04 Å². The second-order valence-corrected chi connectivity index (χ2v) is 7.79. The van der Waals surface area contributed by atoms with Crippen molar-refractivity contribution >= 4 is 18.9 Å². The molecule has 0 aliphatic carbocycles. The molecule has 160 valence electrons. The first-order chi connectivity index (χ1) is 14.2. The van der Waals surface area contributed by atoms with Crippen LogP contribution in [0.25, 0.3) is 11.1 Å². The molecule has 0 heterocycles. The molecule has 0 spiro atoms. The van der Waals surface area contributed by atoms with Crippen LogP contribution in [0.4, 0.5) is 0 Å². The predicted molar refractivity (Wildman–Crippen MR) is 116 cm³/mol. The minimum Gasteiger partial charge on any atom is -0.426 e. The van der Waals surface area contributed by atoms with Gasteiger partial charge in [-0.1, -0.05) is 56.3 Å². The fourth-order valence-corrected chi connectivity index (χ4v) is 3.11. The number of hydrogen-bond acceptors (Lipinski definition) is 5. The molecule has 0 saturated carbocycles. The summed E-state index contributed by atoms with van der Waals surface area (Å²) in [5.74, 6) is -1.99. The molecule has 0 bridgehead atoms. The van der Waals surface area contributed by atoms with E-state index in [1.165, 1.54) is 6.92 Å². The molecule has 2 aromatic rings. The van der Waals surface area contributed by atoms with Gasteiger partial charge in [0, 0.05) is 5.56 Å². The number of rotatable bonds is 9. The Morgan fingerprint density at radius 3 is 1.97 bits per heavy atom. The molecular weight excluding hydrogens is 383 g/mol. The van der Waals surface area contributed by atoms with Crippen LogP contribution in [0.1, 0.15) is 37.6 Å². The van der Waals surface area contributed by atoms with Crippen molar-refractivity contribution in [2.24, 2.45) is 5.92 Å². The summed E-state index contributed by atoms with van der Waals surface area (Å²) in [6.07, 6.45) is -0.835. The third-order valence-corrected chi connectivity index (χ3v) is 4.72. The Morgan fingerprint density at radius 1 is 0.900 bits per heavy atom. The van der Waals surface area contributed by atoms with Gasteiger partial charge >= 0.3 is 7.12 Å². The summed E-state index contributed by atoms with van der Waals surface area (Å²) in [7, 11) is -1.74. The van der Waals surface area contributed by atoms with Crippen molar-refractivity contribution in [2.45, 2.75) is 45.3 Å². The van der Waals surface area contributed by atoms with Crippen LogP contribution in [0.15, 0.2) is 54.6 Å². The quantitative estimate of drug-likeness (QED) is 0.399. The average Bonchev–Trinajstić information content (AvgIpc) is 2.71. The van der Waals surface area contributed by atoms with Crippen LogP contribution in [0.5, 0.6) is 0 Å². The zero-order chi connectivity index (χ0) is 22.3. The Kier molecular flexibility index (Phi) is 8.59. The van der Waals surface area contributed by atoms with Gasteiger partial charge < -0.3 is 25.8 Å². The lowest BCUT2D eigenvalue weighted by molar-refractivity contribution is -0.125. The Labute approximate surface area is 177 Å². The van der Waals surface area contributed by atoms with Crippen LogP contribution in [-0.2, 0) is 4.79 Å². The normalized spacial score (nSPS) is 14.0. The van der Waals surface area contributed by atoms with Crippen LogP contribution in [0.2, 0.25) is 0 Å². The Hall–Kier alpha value is -2.68. The van der Waals surface area contributed by atoms with Gasteiger partial charge in [0.2, 0.25) is 5.91 Å². The Morgan fingerprint density at radius 2 is 1.47 bits per heavy atom. The topological polar surface area (TPSA) is 119 Å². The second-order valence-electron chi connectivity index (χ2n) is 7.79. The van der Waals surface area contributed by atoms with E-state index in [0.29, 0.717) is 12.0 Å². The fraction of sp³-hybridized carbons (Fsp3) is 0.364. The third-order valence-electron chi connectivity index (χ3n) is 4.72. The van der Waals surface area contributed by atoms with E-state index in [-0.39, 0.29) is 5.92 Å². The molecular formula is C22H29BN2O5. The first-order valence-electron chi connectivity index (χ1n) is 10.00. The number of hydrogen-bond donors (Lipinski definition) is 5. The molecule has 0 aliphatic heterocycles. The van der Waals surface area contributed by atoms with Crippen molar-refractivity contribution in [3.63, 3.8) is 0 Å². The highest BCUT2D eigenvalue weighted by molar-refractivity contribution is 6.43.